The maximum Gasteiger partial charge on any atom is 0.242 e. The number of aromatic nitrogens is 1. The Hall–Kier alpha value is -0.500. The zero-order valence-electron chi connectivity index (χ0n) is 8.01. The third-order valence-electron chi connectivity index (χ3n) is 1.62. The molecule has 0 saturated carbocycles. The van der Waals surface area contributed by atoms with Crippen LogP contribution in [-0.4, -0.2) is 31.2 Å². The Labute approximate surface area is 96.7 Å². The third kappa shape index (κ3) is 3.53. The fraction of sp³-hybridized carbons (Fsp3) is 0.375. The van der Waals surface area contributed by atoms with E-state index in [1.165, 1.54) is 18.5 Å². The monoisotopic (exact) mass is 294 g/mol. The van der Waals surface area contributed by atoms with Crippen LogP contribution >= 0.6 is 15.9 Å². The van der Waals surface area contributed by atoms with Crippen LogP contribution in [-0.2, 0) is 10.0 Å². The lowest BCUT2D eigenvalue weighted by molar-refractivity contribution is 0.265. The minimum Gasteiger partial charge on any atom is -0.395 e. The fourth-order valence-electron chi connectivity index (χ4n) is 0.910. The first kappa shape index (κ1) is 12.6. The molecule has 0 bridgehead atoms. The van der Waals surface area contributed by atoms with Gasteiger partial charge in [-0.3, -0.25) is 4.98 Å². The van der Waals surface area contributed by atoms with Crippen LogP contribution in [0, 0.1) is 0 Å². The summed E-state index contributed by atoms with van der Waals surface area (Å²) in [5, 5.41) is 8.75. The quantitative estimate of drug-likeness (QED) is 0.848. The minimum atomic E-state index is -3.60. The lowest BCUT2D eigenvalue weighted by Gasteiger charge is -2.11. The summed E-state index contributed by atoms with van der Waals surface area (Å²) in [7, 11) is -3.60. The van der Waals surface area contributed by atoms with Crippen LogP contribution in [0.1, 0.15) is 6.92 Å². The molecule has 0 aliphatic heterocycles. The lowest BCUT2D eigenvalue weighted by Crippen LogP contribution is -2.35. The van der Waals surface area contributed by atoms with Gasteiger partial charge in [-0.1, -0.05) is 0 Å². The summed E-state index contributed by atoms with van der Waals surface area (Å²) in [5.41, 5.74) is 0. The highest BCUT2D eigenvalue weighted by Crippen LogP contribution is 2.14. The molecule has 1 atom stereocenters. The van der Waals surface area contributed by atoms with Gasteiger partial charge in [0.1, 0.15) is 4.90 Å². The van der Waals surface area contributed by atoms with Gasteiger partial charge in [0.05, 0.1) is 6.61 Å². The van der Waals surface area contributed by atoms with Gasteiger partial charge < -0.3 is 5.11 Å². The Bertz CT molecular complexity index is 435. The first-order valence-corrected chi connectivity index (χ1v) is 6.47. The Morgan fingerprint density at radius 2 is 2.27 bits per heavy atom. The van der Waals surface area contributed by atoms with Crippen LogP contribution < -0.4 is 4.72 Å². The average Bonchev–Trinajstić information content (AvgIpc) is 2.17. The van der Waals surface area contributed by atoms with Crippen molar-refractivity contribution < 1.29 is 13.5 Å². The van der Waals surface area contributed by atoms with Crippen LogP contribution in [0.15, 0.2) is 27.8 Å². The second-order valence-corrected chi connectivity index (χ2v) is 5.67. The standard InChI is InChI=1S/C8H11BrN2O3S/c1-6(5-12)11-15(13,14)8-2-7(9)3-10-4-8/h2-4,6,11-12H,5H2,1H3/t6-/m1/s1. The van der Waals surface area contributed by atoms with E-state index >= 15 is 0 Å². The van der Waals surface area contributed by atoms with E-state index in [0.717, 1.165) is 0 Å². The molecule has 15 heavy (non-hydrogen) atoms. The lowest BCUT2D eigenvalue weighted by atomic mass is 10.4. The number of hydrogen-bond donors (Lipinski definition) is 2. The van der Waals surface area contributed by atoms with E-state index in [-0.39, 0.29) is 11.5 Å². The predicted octanol–water partition coefficient (Wildman–Crippen LogP) is 0.503. The van der Waals surface area contributed by atoms with Gasteiger partial charge in [0.2, 0.25) is 10.0 Å². The molecule has 2 N–H and O–H groups in total. The molecule has 0 aliphatic rings. The summed E-state index contributed by atoms with van der Waals surface area (Å²) in [6.07, 6.45) is 2.74. The number of aliphatic hydroxyl groups is 1. The van der Waals surface area contributed by atoms with Crippen molar-refractivity contribution in [1.82, 2.24) is 9.71 Å². The molecule has 1 aromatic rings. The molecule has 0 amide bonds. The molecular weight excluding hydrogens is 284 g/mol. The van der Waals surface area contributed by atoms with Crippen molar-refractivity contribution in [3.05, 3.63) is 22.9 Å². The van der Waals surface area contributed by atoms with Crippen molar-refractivity contribution in [2.45, 2.75) is 17.9 Å². The Morgan fingerprint density at radius 3 is 2.80 bits per heavy atom. The summed E-state index contributed by atoms with van der Waals surface area (Å²) in [5.74, 6) is 0. The molecule has 7 heteroatoms. The molecule has 0 aliphatic carbocycles. The summed E-state index contributed by atoms with van der Waals surface area (Å²) in [6, 6.07) is 0.924. The van der Waals surface area contributed by atoms with Crippen molar-refractivity contribution in [2.75, 3.05) is 6.61 Å². The van der Waals surface area contributed by atoms with Crippen LogP contribution in [0.4, 0.5) is 0 Å². The maximum atomic E-state index is 11.7. The molecule has 0 saturated heterocycles. The van der Waals surface area contributed by atoms with Gasteiger partial charge in [0.15, 0.2) is 0 Å². The molecule has 1 heterocycles. The average molecular weight is 295 g/mol. The summed E-state index contributed by atoms with van der Waals surface area (Å²) in [4.78, 5) is 3.82. The number of aliphatic hydroxyl groups excluding tert-OH is 1. The van der Waals surface area contributed by atoms with E-state index in [4.69, 9.17) is 5.11 Å². The van der Waals surface area contributed by atoms with E-state index in [0.29, 0.717) is 4.47 Å². The molecule has 0 fully saturated rings. The minimum absolute atomic E-state index is 0.0668. The Morgan fingerprint density at radius 1 is 1.60 bits per heavy atom. The SMILES string of the molecule is C[C@H](CO)NS(=O)(=O)c1cncc(Br)c1. The predicted molar refractivity (Wildman–Crippen MR) is 58.8 cm³/mol. The van der Waals surface area contributed by atoms with Crippen molar-refractivity contribution in [3.63, 3.8) is 0 Å². The van der Waals surface area contributed by atoms with Crippen LogP contribution in [0.25, 0.3) is 0 Å². The van der Waals surface area contributed by atoms with E-state index < -0.39 is 16.1 Å². The Kier molecular flexibility index (Phi) is 4.21. The Balaban J connectivity index is 2.96. The molecule has 0 unspecified atom stereocenters. The number of hydrogen-bond acceptors (Lipinski definition) is 4. The second kappa shape index (κ2) is 5.02. The van der Waals surface area contributed by atoms with E-state index in [1.807, 2.05) is 0 Å². The van der Waals surface area contributed by atoms with Crippen LogP contribution in [0.5, 0.6) is 0 Å². The first-order valence-electron chi connectivity index (χ1n) is 4.19. The van der Waals surface area contributed by atoms with Gasteiger partial charge >= 0.3 is 0 Å². The highest BCUT2D eigenvalue weighted by molar-refractivity contribution is 9.10. The van der Waals surface area contributed by atoms with Crippen molar-refractivity contribution in [2.24, 2.45) is 0 Å². The maximum absolute atomic E-state index is 11.7. The van der Waals surface area contributed by atoms with Crippen LogP contribution in [0.3, 0.4) is 0 Å². The summed E-state index contributed by atoms with van der Waals surface area (Å²) in [6.45, 7) is 1.32. The van der Waals surface area contributed by atoms with Crippen molar-refractivity contribution in [3.8, 4) is 0 Å². The third-order valence-corrected chi connectivity index (χ3v) is 3.61. The highest BCUT2D eigenvalue weighted by atomic mass is 79.9. The molecular formula is C8H11BrN2O3S. The number of halogens is 1. The number of pyridine rings is 1. The molecule has 0 spiro atoms. The summed E-state index contributed by atoms with van der Waals surface area (Å²) < 4.78 is 26.2. The van der Waals surface area contributed by atoms with Crippen LogP contribution in [0.2, 0.25) is 0 Å². The number of rotatable bonds is 4. The van der Waals surface area contributed by atoms with Gasteiger partial charge in [0, 0.05) is 22.9 Å². The van der Waals surface area contributed by atoms with Gasteiger partial charge in [-0.2, -0.15) is 0 Å². The van der Waals surface area contributed by atoms with E-state index in [1.54, 1.807) is 6.92 Å². The number of sulfonamides is 1. The molecule has 84 valence electrons. The topological polar surface area (TPSA) is 79.3 Å². The number of nitrogens with zero attached hydrogens (tertiary/aromatic N) is 1. The fourth-order valence-corrected chi connectivity index (χ4v) is 2.65. The van der Waals surface area contributed by atoms with Gasteiger partial charge in [-0.05, 0) is 28.9 Å². The molecule has 0 radical (unpaired) electrons. The molecule has 5 nitrogen and oxygen atoms in total. The zero-order chi connectivity index (χ0) is 11.5. The van der Waals surface area contributed by atoms with Crippen molar-refractivity contribution >= 4 is 26.0 Å². The van der Waals surface area contributed by atoms with Gasteiger partial charge in [-0.25, -0.2) is 13.1 Å². The number of nitrogens with one attached hydrogen (secondary N) is 1. The normalized spacial score (nSPS) is 13.8. The van der Waals surface area contributed by atoms with Gasteiger partial charge in [0.25, 0.3) is 0 Å². The van der Waals surface area contributed by atoms with Gasteiger partial charge in [-0.15, -0.1) is 0 Å². The highest BCUT2D eigenvalue weighted by Gasteiger charge is 2.17. The van der Waals surface area contributed by atoms with E-state index in [9.17, 15) is 8.42 Å². The smallest absolute Gasteiger partial charge is 0.242 e. The largest absolute Gasteiger partial charge is 0.395 e. The molecule has 1 rings (SSSR count). The second-order valence-electron chi connectivity index (χ2n) is 3.04. The molecule has 0 aromatic carbocycles. The van der Waals surface area contributed by atoms with E-state index in [2.05, 4.69) is 25.6 Å². The summed E-state index contributed by atoms with van der Waals surface area (Å²) >= 11 is 3.13. The first-order chi connectivity index (χ1) is 6.95. The zero-order valence-corrected chi connectivity index (χ0v) is 10.4. The molecule has 1 aromatic heterocycles. The van der Waals surface area contributed by atoms with Crippen molar-refractivity contribution in [1.29, 1.82) is 0 Å².